The molecule has 2 amide bonds. The summed E-state index contributed by atoms with van der Waals surface area (Å²) >= 11 is 1.66. The molecule has 0 radical (unpaired) electrons. The number of thiazole rings is 1. The van der Waals surface area contributed by atoms with E-state index in [1.165, 1.54) is 5.56 Å². The Morgan fingerprint density at radius 2 is 2.08 bits per heavy atom. The predicted octanol–water partition coefficient (Wildman–Crippen LogP) is 3.86. The highest BCUT2D eigenvalue weighted by Crippen LogP contribution is 2.26. The summed E-state index contributed by atoms with van der Waals surface area (Å²) in [6.07, 6.45) is 0. The number of nitrogens with one attached hydrogen (secondary N) is 1. The fourth-order valence-electron chi connectivity index (χ4n) is 3.16. The minimum Gasteiger partial charge on any atom is -0.332 e. The molecule has 26 heavy (non-hydrogen) atoms. The van der Waals surface area contributed by atoms with Gasteiger partial charge in [-0.3, -0.25) is 4.68 Å². The molecule has 7 heteroatoms. The average molecular weight is 372 g/mol. The van der Waals surface area contributed by atoms with Crippen LogP contribution in [0.25, 0.3) is 10.9 Å². The first-order valence-electron chi connectivity index (χ1n) is 8.64. The van der Waals surface area contributed by atoms with E-state index in [4.69, 9.17) is 0 Å². The maximum absolute atomic E-state index is 12.6. The summed E-state index contributed by atoms with van der Waals surface area (Å²) in [4.78, 5) is 20.0. The number of benzene rings is 1. The van der Waals surface area contributed by atoms with Gasteiger partial charge in [-0.25, -0.2) is 9.78 Å². The Balaban J connectivity index is 1.72. The highest BCUT2D eigenvalue weighted by atomic mass is 32.1. The molecule has 0 aliphatic rings. The quantitative estimate of drug-likeness (QED) is 0.757. The van der Waals surface area contributed by atoms with Crippen LogP contribution in [0.4, 0.5) is 4.79 Å². The van der Waals surface area contributed by atoms with Gasteiger partial charge in [0.25, 0.3) is 0 Å². The third kappa shape index (κ3) is 3.44. The predicted molar refractivity (Wildman–Crippen MR) is 105 cm³/mol. The molecular formula is C19H25N5OS. The van der Waals surface area contributed by atoms with Crippen molar-refractivity contribution in [2.24, 2.45) is 7.05 Å². The largest absolute Gasteiger partial charge is 0.332 e. The van der Waals surface area contributed by atoms with Gasteiger partial charge in [-0.1, -0.05) is 11.6 Å². The van der Waals surface area contributed by atoms with Gasteiger partial charge in [0.2, 0.25) is 0 Å². The van der Waals surface area contributed by atoms with Crippen molar-refractivity contribution in [1.29, 1.82) is 0 Å². The highest BCUT2D eigenvalue weighted by molar-refractivity contribution is 7.11. The minimum atomic E-state index is -0.131. The lowest BCUT2D eigenvalue weighted by Gasteiger charge is -2.24. The van der Waals surface area contributed by atoms with Gasteiger partial charge < -0.3 is 10.2 Å². The van der Waals surface area contributed by atoms with E-state index in [9.17, 15) is 4.79 Å². The molecule has 0 fully saturated rings. The van der Waals surface area contributed by atoms with E-state index in [0.717, 1.165) is 32.2 Å². The molecule has 1 aromatic carbocycles. The van der Waals surface area contributed by atoms with Crippen LogP contribution in [-0.4, -0.2) is 32.7 Å². The lowest BCUT2D eigenvalue weighted by molar-refractivity contribution is 0.193. The molecule has 0 bridgehead atoms. The molecule has 0 saturated carbocycles. The molecule has 0 aliphatic heterocycles. The number of rotatable bonds is 4. The Kier molecular flexibility index (Phi) is 5.00. The van der Waals surface area contributed by atoms with Crippen LogP contribution < -0.4 is 5.32 Å². The second kappa shape index (κ2) is 7.07. The maximum Gasteiger partial charge on any atom is 0.318 e. The topological polar surface area (TPSA) is 63.1 Å². The molecule has 1 atom stereocenters. The molecule has 0 saturated heterocycles. The van der Waals surface area contributed by atoms with E-state index in [1.54, 1.807) is 23.3 Å². The summed E-state index contributed by atoms with van der Waals surface area (Å²) in [6.45, 7) is 8.49. The number of aryl methyl sites for hydroxylation is 4. The summed E-state index contributed by atoms with van der Waals surface area (Å²) in [5.74, 6) is 0. The third-order valence-electron chi connectivity index (χ3n) is 4.73. The molecule has 6 nitrogen and oxygen atoms in total. The Labute approximate surface area is 157 Å². The number of carbonyl (C=O) groups excluding carboxylic acids is 1. The molecule has 3 rings (SSSR count). The van der Waals surface area contributed by atoms with E-state index in [2.05, 4.69) is 40.5 Å². The van der Waals surface area contributed by atoms with Crippen molar-refractivity contribution < 1.29 is 4.79 Å². The van der Waals surface area contributed by atoms with E-state index in [-0.39, 0.29) is 12.1 Å². The molecule has 0 unspecified atom stereocenters. The van der Waals surface area contributed by atoms with Gasteiger partial charge in [-0.15, -0.1) is 11.3 Å². The van der Waals surface area contributed by atoms with Crippen molar-refractivity contribution in [3.05, 3.63) is 45.0 Å². The first-order valence-corrected chi connectivity index (χ1v) is 9.46. The van der Waals surface area contributed by atoms with Crippen molar-refractivity contribution >= 4 is 28.3 Å². The number of hydrogen-bond acceptors (Lipinski definition) is 4. The summed E-state index contributed by atoms with van der Waals surface area (Å²) in [7, 11) is 3.72. The fourth-order valence-corrected chi connectivity index (χ4v) is 4.07. The molecule has 2 heterocycles. The number of carbonyl (C=O) groups is 1. The van der Waals surface area contributed by atoms with Crippen LogP contribution in [0.5, 0.6) is 0 Å². The Morgan fingerprint density at radius 3 is 2.73 bits per heavy atom. The van der Waals surface area contributed by atoms with E-state index >= 15 is 0 Å². The first kappa shape index (κ1) is 18.4. The first-order chi connectivity index (χ1) is 12.3. The normalized spacial score (nSPS) is 12.4. The number of nitrogens with zero attached hydrogens (tertiary/aromatic N) is 4. The van der Waals surface area contributed by atoms with Crippen LogP contribution in [0.15, 0.2) is 18.2 Å². The minimum absolute atomic E-state index is 0.0809. The van der Waals surface area contributed by atoms with Crippen molar-refractivity contribution in [2.75, 3.05) is 7.05 Å². The Morgan fingerprint density at radius 1 is 1.35 bits per heavy atom. The lowest BCUT2D eigenvalue weighted by atomic mass is 10.1. The smallest absolute Gasteiger partial charge is 0.318 e. The van der Waals surface area contributed by atoms with Crippen LogP contribution in [-0.2, 0) is 13.6 Å². The molecule has 1 N–H and O–H groups in total. The van der Waals surface area contributed by atoms with Gasteiger partial charge in [0.05, 0.1) is 34.5 Å². The van der Waals surface area contributed by atoms with Gasteiger partial charge in [0.1, 0.15) is 0 Å². The van der Waals surface area contributed by atoms with E-state index in [1.807, 2.05) is 32.5 Å². The summed E-state index contributed by atoms with van der Waals surface area (Å²) in [5, 5.41) is 9.64. The van der Waals surface area contributed by atoms with Crippen molar-refractivity contribution in [1.82, 2.24) is 25.0 Å². The van der Waals surface area contributed by atoms with Gasteiger partial charge in [0.15, 0.2) is 0 Å². The number of amides is 2. The summed E-state index contributed by atoms with van der Waals surface area (Å²) in [5.41, 5.74) is 4.08. The number of urea groups is 1. The van der Waals surface area contributed by atoms with Crippen molar-refractivity contribution in [3.8, 4) is 0 Å². The Hall–Kier alpha value is -2.41. The second-order valence-corrected chi connectivity index (χ2v) is 8.12. The summed E-state index contributed by atoms with van der Waals surface area (Å²) in [6, 6.07) is 6.03. The zero-order chi connectivity index (χ0) is 19.0. The number of aromatic nitrogens is 3. The molecule has 3 aromatic rings. The van der Waals surface area contributed by atoms with Crippen molar-refractivity contribution in [3.63, 3.8) is 0 Å². The maximum atomic E-state index is 12.6. The van der Waals surface area contributed by atoms with Gasteiger partial charge in [-0.2, -0.15) is 5.10 Å². The monoisotopic (exact) mass is 371 g/mol. The zero-order valence-corrected chi connectivity index (χ0v) is 16.9. The van der Waals surface area contributed by atoms with Gasteiger partial charge in [0, 0.05) is 24.4 Å². The van der Waals surface area contributed by atoms with Crippen LogP contribution >= 0.6 is 11.3 Å². The van der Waals surface area contributed by atoms with Crippen LogP contribution in [0.3, 0.4) is 0 Å². The zero-order valence-electron chi connectivity index (χ0n) is 16.1. The third-order valence-corrected chi connectivity index (χ3v) is 5.63. The Bertz CT molecular complexity index is 958. The van der Waals surface area contributed by atoms with Gasteiger partial charge in [-0.05, 0) is 39.8 Å². The highest BCUT2D eigenvalue weighted by Gasteiger charge is 2.22. The van der Waals surface area contributed by atoms with E-state index < -0.39 is 0 Å². The van der Waals surface area contributed by atoms with Crippen LogP contribution in [0.1, 0.15) is 39.8 Å². The van der Waals surface area contributed by atoms with E-state index in [0.29, 0.717) is 6.54 Å². The molecule has 138 valence electrons. The van der Waals surface area contributed by atoms with Crippen LogP contribution in [0.2, 0.25) is 0 Å². The number of hydrogen-bond donors (Lipinski definition) is 1. The molecule has 0 aliphatic carbocycles. The standard InChI is InChI=1S/C19H25N5OS/c1-11-7-8-17-15(9-11)16(22-24(17)6)10-20-19(25)23(5)12(2)18-13(3)26-14(4)21-18/h7-9,12H,10H2,1-6H3,(H,20,25)/t12-/m0/s1. The molecule has 2 aromatic heterocycles. The number of fused-ring (bicyclic) bond motifs is 1. The lowest BCUT2D eigenvalue weighted by Crippen LogP contribution is -2.38. The van der Waals surface area contributed by atoms with Crippen molar-refractivity contribution in [2.45, 2.75) is 40.3 Å². The van der Waals surface area contributed by atoms with Crippen LogP contribution in [0, 0.1) is 20.8 Å². The molecule has 0 spiro atoms. The fraction of sp³-hybridized carbons (Fsp3) is 0.421. The summed E-state index contributed by atoms with van der Waals surface area (Å²) < 4.78 is 1.85. The average Bonchev–Trinajstić information content (AvgIpc) is 3.09. The van der Waals surface area contributed by atoms with Gasteiger partial charge >= 0.3 is 6.03 Å². The SMILES string of the molecule is Cc1ccc2c(c1)c(CNC(=O)N(C)[C@@H](C)c1nc(C)sc1C)nn2C. The second-order valence-electron chi connectivity index (χ2n) is 6.71. The molecular weight excluding hydrogens is 346 g/mol.